The highest BCUT2D eigenvalue weighted by molar-refractivity contribution is 7.89. The van der Waals surface area contributed by atoms with E-state index in [1.165, 1.54) is 9.21 Å². The fraction of sp³-hybridized carbons (Fsp3) is 0.458. The molecular formula is C24H29N7O5S. The highest BCUT2D eigenvalue weighted by Gasteiger charge is 2.48. The maximum atomic E-state index is 12.4. The van der Waals surface area contributed by atoms with E-state index in [0.717, 1.165) is 0 Å². The maximum Gasteiger partial charge on any atom is 0.262 e. The number of likely N-dealkylation sites (tertiary alicyclic amines) is 1. The quantitative estimate of drug-likeness (QED) is 0.461. The van der Waals surface area contributed by atoms with Gasteiger partial charge >= 0.3 is 0 Å². The van der Waals surface area contributed by atoms with Crippen molar-refractivity contribution in [1.82, 2.24) is 29.3 Å². The number of pyridine rings is 1. The van der Waals surface area contributed by atoms with Gasteiger partial charge in [-0.3, -0.25) is 4.79 Å². The van der Waals surface area contributed by atoms with Crippen LogP contribution in [-0.2, 0) is 20.4 Å². The summed E-state index contributed by atoms with van der Waals surface area (Å²) in [5.41, 5.74) is 0.371. The zero-order valence-corrected chi connectivity index (χ0v) is 21.5. The lowest BCUT2D eigenvalue weighted by atomic mass is 9.98. The number of amides is 1. The van der Waals surface area contributed by atoms with Crippen LogP contribution in [0.1, 0.15) is 31.9 Å². The number of anilines is 1. The average Bonchev–Trinajstić information content (AvgIpc) is 3.52. The van der Waals surface area contributed by atoms with E-state index >= 15 is 0 Å². The number of carbonyl (C=O) groups excluding carboxylic acids is 1. The molecular weight excluding hydrogens is 498 g/mol. The molecule has 196 valence electrons. The molecule has 0 radical (unpaired) electrons. The molecule has 12 nitrogen and oxygen atoms in total. The largest absolute Gasteiger partial charge is 0.373 e. The van der Waals surface area contributed by atoms with Crippen molar-refractivity contribution in [2.24, 2.45) is 0 Å². The van der Waals surface area contributed by atoms with E-state index in [1.54, 1.807) is 38.4 Å². The fourth-order valence-corrected chi connectivity index (χ4v) is 5.74. The number of nitrogens with one attached hydrogen (secondary N) is 1. The first-order chi connectivity index (χ1) is 17.7. The SMILES string of the molecule is CCS(=O)(=O)N1CCC(Nc2nccc(-c3cccc(-c4cc([C@]5(O)CCN(C)C5=O)on4)n3)n2)CC1. The van der Waals surface area contributed by atoms with E-state index in [4.69, 9.17) is 4.52 Å². The first-order valence-corrected chi connectivity index (χ1v) is 13.8. The molecule has 13 heteroatoms. The number of aliphatic hydroxyl groups is 1. The monoisotopic (exact) mass is 527 g/mol. The van der Waals surface area contributed by atoms with E-state index in [9.17, 15) is 18.3 Å². The summed E-state index contributed by atoms with van der Waals surface area (Å²) < 4.78 is 31.1. The Morgan fingerprint density at radius 1 is 1.11 bits per heavy atom. The summed E-state index contributed by atoms with van der Waals surface area (Å²) in [7, 11) is -1.55. The smallest absolute Gasteiger partial charge is 0.262 e. The summed E-state index contributed by atoms with van der Waals surface area (Å²) in [6, 6.07) is 8.74. The van der Waals surface area contributed by atoms with Gasteiger partial charge in [0.2, 0.25) is 21.6 Å². The fourth-order valence-electron chi connectivity index (χ4n) is 4.61. The molecule has 37 heavy (non-hydrogen) atoms. The van der Waals surface area contributed by atoms with Crippen LogP contribution in [0.15, 0.2) is 41.1 Å². The van der Waals surface area contributed by atoms with Crippen LogP contribution in [0.25, 0.3) is 22.8 Å². The van der Waals surface area contributed by atoms with E-state index in [1.807, 2.05) is 12.1 Å². The molecule has 2 aliphatic heterocycles. The molecule has 3 aromatic rings. The van der Waals surface area contributed by atoms with Gasteiger partial charge in [0.15, 0.2) is 5.76 Å². The van der Waals surface area contributed by atoms with Crippen molar-refractivity contribution in [2.45, 2.75) is 37.8 Å². The van der Waals surface area contributed by atoms with Crippen LogP contribution < -0.4 is 5.32 Å². The molecule has 0 bridgehead atoms. The highest BCUT2D eigenvalue weighted by atomic mass is 32.2. The zero-order valence-electron chi connectivity index (χ0n) is 20.7. The number of hydrogen-bond acceptors (Lipinski definition) is 10. The first-order valence-electron chi connectivity index (χ1n) is 12.2. The van der Waals surface area contributed by atoms with Gasteiger partial charge in [-0.2, -0.15) is 0 Å². The molecule has 5 heterocycles. The van der Waals surface area contributed by atoms with Gasteiger partial charge in [-0.15, -0.1) is 0 Å². The molecule has 5 rings (SSSR count). The topological polar surface area (TPSA) is 155 Å². The second-order valence-corrected chi connectivity index (χ2v) is 11.6. The molecule has 1 atom stereocenters. The third kappa shape index (κ3) is 4.93. The molecule has 2 fully saturated rings. The Morgan fingerprint density at radius 3 is 2.49 bits per heavy atom. The van der Waals surface area contributed by atoms with Crippen molar-refractivity contribution in [3.8, 4) is 22.8 Å². The van der Waals surface area contributed by atoms with Gasteiger partial charge in [0.25, 0.3) is 5.91 Å². The number of nitrogens with zero attached hydrogens (tertiary/aromatic N) is 6. The number of hydrogen-bond donors (Lipinski definition) is 2. The summed E-state index contributed by atoms with van der Waals surface area (Å²) in [4.78, 5) is 27.4. The van der Waals surface area contributed by atoms with Crippen molar-refractivity contribution in [1.29, 1.82) is 0 Å². The Kier molecular flexibility index (Phi) is 6.68. The van der Waals surface area contributed by atoms with Crippen LogP contribution in [0.5, 0.6) is 0 Å². The molecule has 0 aliphatic carbocycles. The van der Waals surface area contributed by atoms with E-state index in [2.05, 4.69) is 25.4 Å². The molecule has 3 aromatic heterocycles. The summed E-state index contributed by atoms with van der Waals surface area (Å²) in [6.07, 6.45) is 3.20. The number of likely N-dealkylation sites (N-methyl/N-ethyl adjacent to an activating group) is 1. The van der Waals surface area contributed by atoms with Gasteiger partial charge in [0, 0.05) is 51.4 Å². The third-order valence-corrected chi connectivity index (χ3v) is 8.78. The summed E-state index contributed by atoms with van der Waals surface area (Å²) in [5, 5.41) is 18.2. The zero-order chi connectivity index (χ0) is 26.2. The second kappa shape index (κ2) is 9.80. The highest BCUT2D eigenvalue weighted by Crippen LogP contribution is 2.34. The number of sulfonamides is 1. The lowest BCUT2D eigenvalue weighted by Gasteiger charge is -2.31. The Balaban J connectivity index is 1.30. The van der Waals surface area contributed by atoms with E-state index < -0.39 is 21.5 Å². The number of rotatable bonds is 7. The normalized spacial score (nSPS) is 21.5. The number of carbonyl (C=O) groups is 1. The molecule has 1 amide bonds. The molecule has 0 saturated carbocycles. The van der Waals surface area contributed by atoms with Crippen LogP contribution in [0.2, 0.25) is 0 Å². The average molecular weight is 528 g/mol. The van der Waals surface area contributed by atoms with Crippen LogP contribution in [0.4, 0.5) is 5.95 Å². The standard InChI is InChI=1S/C24H29N7O5S/c1-3-37(34,35)31-12-8-16(9-13-31)26-23-25-11-7-19(28-23)17-5-4-6-18(27-17)20-15-21(36-29-20)24(33)10-14-30(2)22(24)32/h4-7,11,15-16,33H,3,8-10,12-14H2,1-2H3,(H,25,26,28)/t24-/m1/s1. The molecule has 2 saturated heterocycles. The second-order valence-electron chi connectivity index (χ2n) is 9.31. The molecule has 2 aliphatic rings. The van der Waals surface area contributed by atoms with Crippen molar-refractivity contribution in [3.63, 3.8) is 0 Å². The van der Waals surface area contributed by atoms with Crippen LogP contribution in [0.3, 0.4) is 0 Å². The van der Waals surface area contributed by atoms with Gasteiger partial charge in [-0.1, -0.05) is 11.2 Å². The van der Waals surface area contributed by atoms with Gasteiger partial charge in [-0.05, 0) is 38.0 Å². The van der Waals surface area contributed by atoms with Crippen LogP contribution in [-0.4, -0.2) is 87.2 Å². The van der Waals surface area contributed by atoms with Crippen LogP contribution in [0, 0.1) is 0 Å². The van der Waals surface area contributed by atoms with Gasteiger partial charge in [0.1, 0.15) is 5.69 Å². The summed E-state index contributed by atoms with van der Waals surface area (Å²) >= 11 is 0. The molecule has 0 aromatic carbocycles. The van der Waals surface area contributed by atoms with Gasteiger partial charge in [-0.25, -0.2) is 27.7 Å². The first kappa shape index (κ1) is 25.2. The summed E-state index contributed by atoms with van der Waals surface area (Å²) in [5.74, 6) is 0.219. The van der Waals surface area contributed by atoms with Gasteiger partial charge < -0.3 is 19.8 Å². The van der Waals surface area contributed by atoms with Gasteiger partial charge in [0.05, 0.1) is 22.8 Å². The van der Waals surface area contributed by atoms with Crippen molar-refractivity contribution >= 4 is 21.9 Å². The molecule has 2 N–H and O–H groups in total. The van der Waals surface area contributed by atoms with Crippen molar-refractivity contribution in [3.05, 3.63) is 42.3 Å². The van der Waals surface area contributed by atoms with E-state index in [-0.39, 0.29) is 24.0 Å². The number of piperidine rings is 1. The minimum atomic E-state index is -3.18. The Labute approximate surface area is 214 Å². The maximum absolute atomic E-state index is 12.4. The predicted molar refractivity (Wildman–Crippen MR) is 135 cm³/mol. The number of aromatic nitrogens is 4. The Bertz CT molecular complexity index is 1400. The lowest BCUT2D eigenvalue weighted by Crippen LogP contribution is -2.43. The Morgan fingerprint density at radius 2 is 1.81 bits per heavy atom. The minimum Gasteiger partial charge on any atom is -0.373 e. The van der Waals surface area contributed by atoms with E-state index in [0.29, 0.717) is 61.2 Å². The third-order valence-electron chi connectivity index (χ3n) is 6.90. The lowest BCUT2D eigenvalue weighted by molar-refractivity contribution is -0.144. The van der Waals surface area contributed by atoms with Crippen molar-refractivity contribution in [2.75, 3.05) is 37.8 Å². The molecule has 0 unspecified atom stereocenters. The molecule has 0 spiro atoms. The predicted octanol–water partition coefficient (Wildman–Crippen LogP) is 1.47. The van der Waals surface area contributed by atoms with Crippen molar-refractivity contribution < 1.29 is 22.8 Å². The summed E-state index contributed by atoms with van der Waals surface area (Å²) in [6.45, 7) is 3.02. The minimum absolute atomic E-state index is 0.0644. The van der Waals surface area contributed by atoms with Crippen LogP contribution >= 0.6 is 0 Å². The Hall–Kier alpha value is -3.42.